The standard InChI is InChI=1S/C7H9S.Rb/c1-6(2)7-4-3-5-8-7;/h3-4,6H,1-2H3;/q-1;+1. The molecule has 1 aromatic heterocycles. The van der Waals surface area contributed by atoms with E-state index in [4.69, 9.17) is 0 Å². The molecule has 1 heterocycles. The molecular weight excluding hydrogens is 202 g/mol. The van der Waals surface area contributed by atoms with Gasteiger partial charge in [0.1, 0.15) is 0 Å². The van der Waals surface area contributed by atoms with E-state index < -0.39 is 0 Å². The zero-order chi connectivity index (χ0) is 5.98. The summed E-state index contributed by atoms with van der Waals surface area (Å²) in [6, 6.07) is 4.09. The van der Waals surface area contributed by atoms with Gasteiger partial charge in [-0.05, 0) is 0 Å². The minimum absolute atomic E-state index is 0. The SMILES string of the molecule is CC(C)c1cc[c-]s1.[Rb+]. The maximum Gasteiger partial charge on any atom is 1.00 e. The third kappa shape index (κ3) is 3.42. The van der Waals surface area contributed by atoms with Crippen molar-refractivity contribution in [1.29, 1.82) is 0 Å². The fourth-order valence-electron chi connectivity index (χ4n) is 0.563. The summed E-state index contributed by atoms with van der Waals surface area (Å²) in [6.07, 6.45) is 0. The Bertz CT molecular complexity index is 144. The summed E-state index contributed by atoms with van der Waals surface area (Å²) in [6.45, 7) is 4.39. The summed E-state index contributed by atoms with van der Waals surface area (Å²) in [4.78, 5) is 1.42. The van der Waals surface area contributed by atoms with Crippen molar-refractivity contribution in [1.82, 2.24) is 0 Å². The Morgan fingerprint density at radius 3 is 2.44 bits per heavy atom. The van der Waals surface area contributed by atoms with Crippen LogP contribution in [-0.2, 0) is 0 Å². The Morgan fingerprint density at radius 1 is 1.56 bits per heavy atom. The predicted molar refractivity (Wildman–Crippen MR) is 37.2 cm³/mol. The van der Waals surface area contributed by atoms with Crippen LogP contribution in [0.1, 0.15) is 24.6 Å². The van der Waals surface area contributed by atoms with Crippen molar-refractivity contribution in [3.05, 3.63) is 22.4 Å². The van der Waals surface area contributed by atoms with Crippen LogP contribution in [0.25, 0.3) is 0 Å². The van der Waals surface area contributed by atoms with Crippen LogP contribution in [0.3, 0.4) is 0 Å². The van der Waals surface area contributed by atoms with Crippen molar-refractivity contribution in [2.45, 2.75) is 19.8 Å². The van der Waals surface area contributed by atoms with Crippen molar-refractivity contribution in [3.63, 3.8) is 0 Å². The minimum Gasteiger partial charge on any atom is -0.300 e. The molecule has 0 aliphatic heterocycles. The summed E-state index contributed by atoms with van der Waals surface area (Å²) in [5.41, 5.74) is 0. The first-order valence-electron chi connectivity index (χ1n) is 2.76. The van der Waals surface area contributed by atoms with Crippen LogP contribution >= 0.6 is 11.3 Å². The molecule has 0 fully saturated rings. The van der Waals surface area contributed by atoms with Crippen molar-refractivity contribution >= 4 is 11.3 Å². The molecule has 0 saturated heterocycles. The van der Waals surface area contributed by atoms with Gasteiger partial charge in [-0.15, -0.1) is 10.3 Å². The Hall–Kier alpha value is 1.51. The fourth-order valence-corrected chi connectivity index (χ4v) is 1.21. The Kier molecular flexibility index (Phi) is 6.06. The van der Waals surface area contributed by atoms with Gasteiger partial charge >= 0.3 is 58.2 Å². The monoisotopic (exact) mass is 210 g/mol. The Labute approximate surface area is 109 Å². The summed E-state index contributed by atoms with van der Waals surface area (Å²) in [5.74, 6) is 0.672. The van der Waals surface area contributed by atoms with Crippen LogP contribution in [0.4, 0.5) is 0 Å². The number of thiophene rings is 1. The molecule has 0 N–H and O–H groups in total. The van der Waals surface area contributed by atoms with E-state index in [9.17, 15) is 0 Å². The molecule has 1 rings (SSSR count). The number of hydrogen-bond donors (Lipinski definition) is 0. The molecule has 9 heavy (non-hydrogen) atoms. The molecule has 44 valence electrons. The molecule has 0 unspecified atom stereocenters. The van der Waals surface area contributed by atoms with Gasteiger partial charge in [0.05, 0.1) is 0 Å². The van der Waals surface area contributed by atoms with E-state index in [1.165, 1.54) is 4.88 Å². The van der Waals surface area contributed by atoms with Gasteiger partial charge < -0.3 is 11.3 Å². The van der Waals surface area contributed by atoms with Gasteiger partial charge in [-0.3, -0.25) is 0 Å². The second kappa shape index (κ2) is 5.19. The third-order valence-electron chi connectivity index (χ3n) is 1.06. The van der Waals surface area contributed by atoms with Crippen molar-refractivity contribution in [3.8, 4) is 0 Å². The van der Waals surface area contributed by atoms with Gasteiger partial charge in [0, 0.05) is 0 Å². The largest absolute Gasteiger partial charge is 1.00 e. The van der Waals surface area contributed by atoms with Crippen LogP contribution in [0, 0.1) is 5.38 Å². The minimum atomic E-state index is 0. The molecule has 0 aliphatic carbocycles. The molecule has 2 heteroatoms. The second-order valence-electron chi connectivity index (χ2n) is 2.11. The molecule has 0 aliphatic rings. The van der Waals surface area contributed by atoms with Gasteiger partial charge in [0.25, 0.3) is 0 Å². The van der Waals surface area contributed by atoms with Crippen molar-refractivity contribution < 1.29 is 58.2 Å². The molecule has 0 nitrogen and oxygen atoms in total. The number of rotatable bonds is 1. The summed E-state index contributed by atoms with van der Waals surface area (Å²) >= 11 is 1.71. The first kappa shape index (κ1) is 10.5. The molecular formula is C7H9RbS. The van der Waals surface area contributed by atoms with E-state index in [-0.39, 0.29) is 58.2 Å². The zero-order valence-electron chi connectivity index (χ0n) is 6.14. The van der Waals surface area contributed by atoms with Gasteiger partial charge in [0.15, 0.2) is 0 Å². The quantitative estimate of drug-likeness (QED) is 0.558. The smallest absolute Gasteiger partial charge is 0.300 e. The van der Waals surface area contributed by atoms with E-state index in [0.29, 0.717) is 5.92 Å². The molecule has 0 amide bonds. The zero-order valence-corrected chi connectivity index (χ0v) is 11.9. The van der Waals surface area contributed by atoms with Gasteiger partial charge in [-0.25, -0.2) is 6.07 Å². The predicted octanol–water partition coefficient (Wildman–Crippen LogP) is -0.324. The van der Waals surface area contributed by atoms with Crippen LogP contribution in [0.15, 0.2) is 12.1 Å². The van der Waals surface area contributed by atoms with E-state index in [1.54, 1.807) is 11.3 Å². The van der Waals surface area contributed by atoms with Crippen LogP contribution in [-0.4, -0.2) is 0 Å². The molecule has 0 aromatic carbocycles. The number of hydrogen-bond acceptors (Lipinski definition) is 1. The van der Waals surface area contributed by atoms with Crippen LogP contribution in [0.5, 0.6) is 0 Å². The Balaban J connectivity index is 0.000000640. The summed E-state index contributed by atoms with van der Waals surface area (Å²) in [7, 11) is 0. The maximum atomic E-state index is 3.05. The summed E-state index contributed by atoms with van der Waals surface area (Å²) in [5, 5.41) is 3.05. The van der Waals surface area contributed by atoms with E-state index >= 15 is 0 Å². The molecule has 0 radical (unpaired) electrons. The van der Waals surface area contributed by atoms with E-state index in [2.05, 4.69) is 25.3 Å². The normalized spacial score (nSPS) is 9.22. The van der Waals surface area contributed by atoms with Crippen molar-refractivity contribution in [2.75, 3.05) is 0 Å². The average molecular weight is 211 g/mol. The van der Waals surface area contributed by atoms with Gasteiger partial charge in [0.2, 0.25) is 0 Å². The topological polar surface area (TPSA) is 0 Å². The van der Waals surface area contributed by atoms with E-state index in [0.717, 1.165) is 0 Å². The van der Waals surface area contributed by atoms with Gasteiger partial charge in [-0.2, -0.15) is 6.07 Å². The molecule has 0 atom stereocenters. The molecule has 0 spiro atoms. The maximum absolute atomic E-state index is 3.05. The molecule has 0 saturated carbocycles. The molecule has 1 aromatic rings. The van der Waals surface area contributed by atoms with Crippen LogP contribution < -0.4 is 58.2 Å². The summed E-state index contributed by atoms with van der Waals surface area (Å²) < 4.78 is 0. The molecule has 0 bridgehead atoms. The first-order chi connectivity index (χ1) is 3.80. The van der Waals surface area contributed by atoms with Crippen molar-refractivity contribution in [2.24, 2.45) is 0 Å². The third-order valence-corrected chi connectivity index (χ3v) is 2.16. The Morgan fingerprint density at radius 2 is 2.22 bits per heavy atom. The van der Waals surface area contributed by atoms with Crippen LogP contribution in [0.2, 0.25) is 0 Å². The van der Waals surface area contributed by atoms with Gasteiger partial charge in [-0.1, -0.05) is 19.8 Å². The first-order valence-corrected chi connectivity index (χ1v) is 3.58. The fraction of sp³-hybridized carbons (Fsp3) is 0.429. The van der Waals surface area contributed by atoms with E-state index in [1.807, 2.05) is 6.07 Å². The second-order valence-corrected chi connectivity index (χ2v) is 3.02. The average Bonchev–Trinajstić information content (AvgIpc) is 2.12.